The number of hydrogen-bond acceptors (Lipinski definition) is 9. The highest BCUT2D eigenvalue weighted by Crippen LogP contribution is 2.21. The summed E-state index contributed by atoms with van der Waals surface area (Å²) in [5.74, 6) is 9.10. The standard InChI is InChI=1S/C23H25N9O/c24-31-23-22(26-14-16-6-7-18-17(13-16)3-2-8-25-18)30-20(15-27-23)28-19-4-1-5-21(29-19)32-9-11-33-12-10-32/h1-8,13,15H,9-12,14,24H2,(H,27,31)(H2,26,28,29,30)/p+1. The fourth-order valence-corrected chi connectivity index (χ4v) is 3.73. The van der Waals surface area contributed by atoms with Gasteiger partial charge in [0.05, 0.1) is 18.7 Å². The second kappa shape index (κ2) is 9.63. The van der Waals surface area contributed by atoms with Crippen molar-refractivity contribution in [3.8, 4) is 0 Å². The van der Waals surface area contributed by atoms with Crippen molar-refractivity contribution < 1.29 is 9.72 Å². The number of H-pyrrole nitrogens is 1. The number of anilines is 5. The third kappa shape index (κ3) is 4.92. The van der Waals surface area contributed by atoms with E-state index in [4.69, 9.17) is 15.6 Å². The normalized spacial score (nSPS) is 13.7. The van der Waals surface area contributed by atoms with Crippen LogP contribution in [0.15, 0.2) is 60.9 Å². The first kappa shape index (κ1) is 20.9. The Labute approximate surface area is 191 Å². The molecule has 0 aliphatic carbocycles. The molecule has 10 heteroatoms. The summed E-state index contributed by atoms with van der Waals surface area (Å²) in [6.45, 7) is 3.67. The molecule has 4 heterocycles. The molecule has 5 rings (SSSR count). The van der Waals surface area contributed by atoms with E-state index >= 15 is 0 Å². The van der Waals surface area contributed by atoms with E-state index < -0.39 is 0 Å². The summed E-state index contributed by atoms with van der Waals surface area (Å²) >= 11 is 0. The van der Waals surface area contributed by atoms with Crippen LogP contribution in [0.4, 0.5) is 29.1 Å². The van der Waals surface area contributed by atoms with Crippen LogP contribution in [0.25, 0.3) is 10.9 Å². The third-order valence-corrected chi connectivity index (χ3v) is 5.42. The second-order valence-electron chi connectivity index (χ2n) is 7.64. The van der Waals surface area contributed by atoms with Gasteiger partial charge in [-0.15, -0.1) is 0 Å². The van der Waals surface area contributed by atoms with Crippen LogP contribution in [0, 0.1) is 0 Å². The van der Waals surface area contributed by atoms with Gasteiger partial charge in [0.25, 0.3) is 0 Å². The first-order valence-corrected chi connectivity index (χ1v) is 10.8. The lowest BCUT2D eigenvalue weighted by molar-refractivity contribution is -0.360. The number of fused-ring (bicyclic) bond motifs is 1. The van der Waals surface area contributed by atoms with Gasteiger partial charge in [-0.05, 0) is 35.9 Å². The number of hydrogen-bond donors (Lipinski definition) is 4. The number of nitrogens with zero attached hydrogens (tertiary/aromatic N) is 4. The summed E-state index contributed by atoms with van der Waals surface area (Å²) in [4.78, 5) is 19.1. The molecule has 3 aromatic heterocycles. The smallest absolute Gasteiger partial charge is 0.333 e. The molecule has 0 bridgehead atoms. The van der Waals surface area contributed by atoms with E-state index in [-0.39, 0.29) is 0 Å². The number of nitrogens with two attached hydrogens (primary N) is 1. The number of pyridine rings is 2. The minimum absolute atomic E-state index is 0.578. The van der Waals surface area contributed by atoms with E-state index in [2.05, 4.69) is 42.0 Å². The molecule has 0 unspecified atom stereocenters. The molecule has 0 atom stereocenters. The first-order chi connectivity index (χ1) is 16.3. The first-order valence-electron chi connectivity index (χ1n) is 10.8. The van der Waals surface area contributed by atoms with Gasteiger partial charge in [-0.2, -0.15) is 11.3 Å². The molecule has 1 fully saturated rings. The van der Waals surface area contributed by atoms with Crippen LogP contribution in [0.5, 0.6) is 0 Å². The molecule has 1 saturated heterocycles. The highest BCUT2D eigenvalue weighted by Gasteiger charge is 2.15. The number of benzene rings is 1. The number of aromatic amines is 1. The van der Waals surface area contributed by atoms with Crippen molar-refractivity contribution >= 4 is 40.0 Å². The Kier molecular flexibility index (Phi) is 6.09. The molecule has 1 aliphatic heterocycles. The van der Waals surface area contributed by atoms with Crippen LogP contribution in [-0.4, -0.2) is 41.3 Å². The monoisotopic (exact) mass is 444 g/mol. The van der Waals surface area contributed by atoms with Gasteiger partial charge >= 0.3 is 5.82 Å². The van der Waals surface area contributed by atoms with E-state index in [0.717, 1.165) is 35.4 Å². The zero-order valence-corrected chi connectivity index (χ0v) is 18.1. The Morgan fingerprint density at radius 3 is 2.82 bits per heavy atom. The summed E-state index contributed by atoms with van der Waals surface area (Å²) < 4.78 is 5.43. The summed E-state index contributed by atoms with van der Waals surface area (Å²) in [5.41, 5.74) is 4.73. The lowest BCUT2D eigenvalue weighted by Gasteiger charge is -2.28. The topological polar surface area (TPSA) is 127 Å². The van der Waals surface area contributed by atoms with Crippen molar-refractivity contribution in [3.05, 3.63) is 66.5 Å². The molecule has 0 spiro atoms. The molecule has 168 valence electrons. The Hall–Kier alpha value is -4.02. The van der Waals surface area contributed by atoms with Gasteiger partial charge in [0.1, 0.15) is 17.8 Å². The summed E-state index contributed by atoms with van der Waals surface area (Å²) in [7, 11) is 0. The Morgan fingerprint density at radius 2 is 1.94 bits per heavy atom. The lowest BCUT2D eigenvalue weighted by atomic mass is 10.1. The molecular weight excluding hydrogens is 418 g/mol. The zero-order valence-electron chi connectivity index (χ0n) is 18.1. The fraction of sp³-hybridized carbons (Fsp3) is 0.217. The average Bonchev–Trinajstić information content (AvgIpc) is 2.88. The van der Waals surface area contributed by atoms with Gasteiger partial charge in [-0.3, -0.25) is 4.98 Å². The van der Waals surface area contributed by atoms with Crippen molar-refractivity contribution in [2.75, 3.05) is 47.3 Å². The maximum Gasteiger partial charge on any atom is 0.333 e. The number of morpholine rings is 1. The number of hydrazine groups is 1. The van der Waals surface area contributed by atoms with Crippen molar-refractivity contribution in [1.29, 1.82) is 0 Å². The SMILES string of the molecule is NNc1[nH+]cc(Nc2cccc(N3CCOCC3)n2)nc1NCc1ccc2ncccc2c1. The van der Waals surface area contributed by atoms with Gasteiger partial charge < -0.3 is 20.3 Å². The number of nitrogens with one attached hydrogen (secondary N) is 4. The molecule has 4 aromatic rings. The molecule has 6 N–H and O–H groups in total. The molecule has 0 amide bonds. The van der Waals surface area contributed by atoms with Gasteiger partial charge in [0.2, 0.25) is 5.82 Å². The van der Waals surface area contributed by atoms with Crippen molar-refractivity contribution in [2.24, 2.45) is 5.84 Å². The second-order valence-corrected chi connectivity index (χ2v) is 7.64. The van der Waals surface area contributed by atoms with Crippen molar-refractivity contribution in [2.45, 2.75) is 6.54 Å². The molecular formula is C23H26N9O+. The average molecular weight is 445 g/mol. The highest BCUT2D eigenvalue weighted by atomic mass is 16.5. The predicted octanol–water partition coefficient (Wildman–Crippen LogP) is 2.32. The third-order valence-electron chi connectivity index (χ3n) is 5.42. The van der Waals surface area contributed by atoms with E-state index in [1.54, 1.807) is 12.4 Å². The van der Waals surface area contributed by atoms with E-state index in [1.165, 1.54) is 0 Å². The largest absolute Gasteiger partial charge is 0.378 e. The van der Waals surface area contributed by atoms with Gasteiger partial charge in [-0.25, -0.2) is 15.0 Å². The minimum Gasteiger partial charge on any atom is -0.378 e. The van der Waals surface area contributed by atoms with Crippen LogP contribution in [0.2, 0.25) is 0 Å². The minimum atomic E-state index is 0.578. The van der Waals surface area contributed by atoms with E-state index in [1.807, 2.05) is 42.5 Å². The van der Waals surface area contributed by atoms with Crippen molar-refractivity contribution in [1.82, 2.24) is 15.0 Å². The molecule has 33 heavy (non-hydrogen) atoms. The van der Waals surface area contributed by atoms with Crippen LogP contribution < -0.4 is 31.8 Å². The van der Waals surface area contributed by atoms with Crippen molar-refractivity contribution in [3.63, 3.8) is 0 Å². The molecule has 1 aliphatic rings. The van der Waals surface area contributed by atoms with Gasteiger partial charge in [0, 0.05) is 31.2 Å². The molecule has 0 radical (unpaired) electrons. The van der Waals surface area contributed by atoms with Gasteiger partial charge in [0.15, 0.2) is 5.82 Å². The fourth-order valence-electron chi connectivity index (χ4n) is 3.73. The van der Waals surface area contributed by atoms with Crippen LogP contribution in [0.3, 0.4) is 0 Å². The lowest BCUT2D eigenvalue weighted by Crippen LogP contribution is -2.36. The Bertz CT molecular complexity index is 1240. The number of aromatic nitrogens is 4. The quantitative estimate of drug-likeness (QED) is 0.251. The summed E-state index contributed by atoms with van der Waals surface area (Å²) in [6.07, 6.45) is 3.54. The van der Waals surface area contributed by atoms with Crippen LogP contribution in [0.1, 0.15) is 5.56 Å². The van der Waals surface area contributed by atoms with Crippen LogP contribution in [-0.2, 0) is 11.3 Å². The Morgan fingerprint density at radius 1 is 1.03 bits per heavy atom. The maximum atomic E-state index is 5.68. The molecule has 1 aromatic carbocycles. The van der Waals surface area contributed by atoms with Gasteiger partial charge in [-0.1, -0.05) is 18.2 Å². The Balaban J connectivity index is 1.31. The van der Waals surface area contributed by atoms with Crippen LogP contribution >= 0.6 is 0 Å². The maximum absolute atomic E-state index is 5.68. The predicted molar refractivity (Wildman–Crippen MR) is 128 cm³/mol. The number of ether oxygens (including phenoxy) is 1. The molecule has 10 nitrogen and oxygen atoms in total. The number of rotatable bonds is 7. The van der Waals surface area contributed by atoms with E-state index in [0.29, 0.717) is 43.0 Å². The summed E-state index contributed by atoms with van der Waals surface area (Å²) in [6, 6.07) is 16.0. The highest BCUT2D eigenvalue weighted by molar-refractivity contribution is 5.79. The summed E-state index contributed by atoms with van der Waals surface area (Å²) in [5, 5.41) is 7.71. The van der Waals surface area contributed by atoms with E-state index in [9.17, 15) is 0 Å². The zero-order chi connectivity index (χ0) is 22.5. The molecule has 0 saturated carbocycles. The number of nitrogen functional groups attached to an aromatic ring is 1.